The number of likely N-dealkylation sites (N-methyl/N-ethyl adjacent to an activating group) is 1. The normalized spacial score (nSPS) is 21.5. The van der Waals surface area contributed by atoms with E-state index in [-0.39, 0.29) is 11.8 Å². The molecule has 1 atom stereocenters. The topological polar surface area (TPSA) is 61.7 Å². The molecule has 3 rings (SSSR count). The third-order valence-electron chi connectivity index (χ3n) is 6.01. The number of hydrogen-bond acceptors (Lipinski definition) is 4. The van der Waals surface area contributed by atoms with Crippen LogP contribution in [0.5, 0.6) is 0 Å². The number of hydrogen-bond donors (Lipinski definition) is 0. The lowest BCUT2D eigenvalue weighted by Crippen LogP contribution is -2.47. The average molecular weight is 376 g/mol. The van der Waals surface area contributed by atoms with Gasteiger partial charge in [-0.15, -0.1) is 0 Å². The van der Waals surface area contributed by atoms with E-state index >= 15 is 0 Å². The van der Waals surface area contributed by atoms with E-state index < -0.39 is 0 Å². The second-order valence-electron chi connectivity index (χ2n) is 8.02. The number of carbonyl (C=O) groups is 2. The van der Waals surface area contributed by atoms with Crippen LogP contribution in [0.4, 0.5) is 0 Å². The van der Waals surface area contributed by atoms with Gasteiger partial charge in [0.1, 0.15) is 0 Å². The number of aryl methyl sites for hydroxylation is 2. The molecule has 7 heteroatoms. The largest absolute Gasteiger partial charge is 0.342 e. The smallest absolute Gasteiger partial charge is 0.222 e. The van der Waals surface area contributed by atoms with Crippen LogP contribution in [0.15, 0.2) is 12.3 Å². The SMILES string of the molecule is CN1CCN(C(=O)CC[C@@H]2CCCN(C(=O)CCc3ccnn3C)C2)CC1. The third-order valence-corrected chi connectivity index (χ3v) is 6.01. The van der Waals surface area contributed by atoms with Crippen LogP contribution in [-0.2, 0) is 23.1 Å². The molecule has 0 unspecified atom stereocenters. The number of aromatic nitrogens is 2. The van der Waals surface area contributed by atoms with E-state index in [1.165, 1.54) is 0 Å². The lowest BCUT2D eigenvalue weighted by atomic mass is 9.92. The Morgan fingerprint density at radius 2 is 1.78 bits per heavy atom. The van der Waals surface area contributed by atoms with Crippen LogP contribution in [0.1, 0.15) is 37.8 Å². The van der Waals surface area contributed by atoms with Gasteiger partial charge in [-0.3, -0.25) is 14.3 Å². The molecule has 2 fully saturated rings. The van der Waals surface area contributed by atoms with Crippen molar-refractivity contribution in [3.8, 4) is 0 Å². The summed E-state index contributed by atoms with van der Waals surface area (Å²) in [5.74, 6) is 0.963. The van der Waals surface area contributed by atoms with Crippen molar-refractivity contribution in [1.82, 2.24) is 24.5 Å². The summed E-state index contributed by atoms with van der Waals surface area (Å²) in [5, 5.41) is 4.16. The zero-order valence-corrected chi connectivity index (χ0v) is 16.8. The molecule has 2 saturated heterocycles. The summed E-state index contributed by atoms with van der Waals surface area (Å²) < 4.78 is 1.83. The number of likely N-dealkylation sites (tertiary alicyclic amines) is 1. The van der Waals surface area contributed by atoms with Crippen molar-refractivity contribution in [1.29, 1.82) is 0 Å². The first-order valence-electron chi connectivity index (χ1n) is 10.2. The molecule has 1 aromatic rings. The molecule has 2 amide bonds. The van der Waals surface area contributed by atoms with Crippen molar-refractivity contribution in [2.75, 3.05) is 46.3 Å². The maximum atomic E-state index is 12.6. The molecule has 0 bridgehead atoms. The van der Waals surface area contributed by atoms with E-state index in [0.29, 0.717) is 18.8 Å². The Labute approximate surface area is 162 Å². The van der Waals surface area contributed by atoms with Crippen LogP contribution >= 0.6 is 0 Å². The molecule has 7 nitrogen and oxygen atoms in total. The van der Waals surface area contributed by atoms with Gasteiger partial charge in [0, 0.05) is 71.0 Å². The molecule has 27 heavy (non-hydrogen) atoms. The Morgan fingerprint density at radius 1 is 1.04 bits per heavy atom. The number of amides is 2. The van der Waals surface area contributed by atoms with Gasteiger partial charge in [0.15, 0.2) is 0 Å². The molecular weight excluding hydrogens is 342 g/mol. The van der Waals surface area contributed by atoms with E-state index in [9.17, 15) is 9.59 Å². The van der Waals surface area contributed by atoms with Crippen molar-refractivity contribution in [3.05, 3.63) is 18.0 Å². The molecule has 1 aromatic heterocycles. The Hall–Kier alpha value is -1.89. The Balaban J connectivity index is 1.40. The van der Waals surface area contributed by atoms with E-state index in [0.717, 1.165) is 70.6 Å². The van der Waals surface area contributed by atoms with Gasteiger partial charge in [-0.2, -0.15) is 5.10 Å². The summed E-state index contributed by atoms with van der Waals surface area (Å²) in [6, 6.07) is 1.97. The van der Waals surface area contributed by atoms with Gasteiger partial charge in [-0.05, 0) is 44.7 Å². The zero-order valence-electron chi connectivity index (χ0n) is 16.8. The maximum absolute atomic E-state index is 12.6. The Bertz CT molecular complexity index is 636. The highest BCUT2D eigenvalue weighted by Gasteiger charge is 2.25. The van der Waals surface area contributed by atoms with E-state index in [1.807, 2.05) is 27.6 Å². The van der Waals surface area contributed by atoms with Gasteiger partial charge in [0.05, 0.1) is 0 Å². The molecule has 3 heterocycles. The summed E-state index contributed by atoms with van der Waals surface area (Å²) in [6.07, 6.45) is 6.73. The average Bonchev–Trinajstić information content (AvgIpc) is 3.10. The number of rotatable bonds is 6. The lowest BCUT2D eigenvalue weighted by Gasteiger charge is -2.34. The molecule has 0 aliphatic carbocycles. The highest BCUT2D eigenvalue weighted by atomic mass is 16.2. The molecule has 0 saturated carbocycles. The predicted molar refractivity (Wildman–Crippen MR) is 104 cm³/mol. The van der Waals surface area contributed by atoms with Crippen molar-refractivity contribution < 1.29 is 9.59 Å². The van der Waals surface area contributed by atoms with Gasteiger partial charge < -0.3 is 14.7 Å². The van der Waals surface area contributed by atoms with Crippen LogP contribution in [0.25, 0.3) is 0 Å². The van der Waals surface area contributed by atoms with E-state index in [4.69, 9.17) is 0 Å². The summed E-state index contributed by atoms with van der Waals surface area (Å²) in [6.45, 7) is 5.28. The first kappa shape index (κ1) is 19.9. The number of carbonyl (C=O) groups excluding carboxylic acids is 2. The fraction of sp³-hybridized carbons (Fsp3) is 0.750. The second kappa shape index (κ2) is 9.35. The van der Waals surface area contributed by atoms with Crippen LogP contribution in [0.3, 0.4) is 0 Å². The minimum Gasteiger partial charge on any atom is -0.342 e. The van der Waals surface area contributed by atoms with Crippen LogP contribution in [-0.4, -0.2) is 82.6 Å². The predicted octanol–water partition coefficient (Wildman–Crippen LogP) is 1.15. The van der Waals surface area contributed by atoms with Gasteiger partial charge >= 0.3 is 0 Å². The van der Waals surface area contributed by atoms with Crippen molar-refractivity contribution in [2.24, 2.45) is 13.0 Å². The fourth-order valence-electron chi connectivity index (χ4n) is 4.11. The number of piperazine rings is 1. The van der Waals surface area contributed by atoms with Crippen molar-refractivity contribution in [2.45, 2.75) is 38.5 Å². The number of piperidine rings is 1. The molecule has 0 radical (unpaired) electrons. The summed E-state index contributed by atoms with van der Waals surface area (Å²) in [7, 11) is 4.01. The van der Waals surface area contributed by atoms with E-state index in [1.54, 1.807) is 6.20 Å². The summed E-state index contributed by atoms with van der Waals surface area (Å²) >= 11 is 0. The van der Waals surface area contributed by atoms with E-state index in [2.05, 4.69) is 17.0 Å². The van der Waals surface area contributed by atoms with Gasteiger partial charge in [-0.25, -0.2) is 0 Å². The lowest BCUT2D eigenvalue weighted by molar-refractivity contribution is -0.133. The van der Waals surface area contributed by atoms with Gasteiger partial charge in [0.25, 0.3) is 0 Å². The molecule has 150 valence electrons. The zero-order chi connectivity index (χ0) is 19.2. The molecular formula is C20H33N5O2. The summed E-state index contributed by atoms with van der Waals surface area (Å²) in [4.78, 5) is 31.3. The molecule has 2 aliphatic rings. The first-order chi connectivity index (χ1) is 13.0. The highest BCUT2D eigenvalue weighted by molar-refractivity contribution is 5.77. The van der Waals surface area contributed by atoms with Crippen molar-refractivity contribution in [3.63, 3.8) is 0 Å². The molecule has 0 spiro atoms. The van der Waals surface area contributed by atoms with Crippen molar-refractivity contribution >= 4 is 11.8 Å². The Kier molecular flexibility index (Phi) is 6.88. The first-order valence-corrected chi connectivity index (χ1v) is 10.2. The van der Waals surface area contributed by atoms with Crippen LogP contribution in [0, 0.1) is 5.92 Å². The van der Waals surface area contributed by atoms with Crippen LogP contribution in [0.2, 0.25) is 0 Å². The van der Waals surface area contributed by atoms with Crippen LogP contribution < -0.4 is 0 Å². The van der Waals surface area contributed by atoms with Gasteiger partial charge in [-0.1, -0.05) is 0 Å². The Morgan fingerprint density at radius 3 is 2.48 bits per heavy atom. The highest BCUT2D eigenvalue weighted by Crippen LogP contribution is 2.22. The monoisotopic (exact) mass is 375 g/mol. The quantitative estimate of drug-likeness (QED) is 0.748. The second-order valence-corrected chi connectivity index (χ2v) is 8.02. The minimum absolute atomic E-state index is 0.228. The van der Waals surface area contributed by atoms with Gasteiger partial charge in [0.2, 0.25) is 11.8 Å². The number of nitrogens with zero attached hydrogens (tertiary/aromatic N) is 5. The third kappa shape index (κ3) is 5.54. The summed E-state index contributed by atoms with van der Waals surface area (Å²) in [5.41, 5.74) is 1.09. The fourth-order valence-corrected chi connectivity index (χ4v) is 4.11. The minimum atomic E-state index is 0.228. The standard InChI is InChI=1S/C20H33N5O2/c1-22-12-14-24(15-13-22)19(26)7-5-17-4-3-11-25(16-17)20(27)8-6-18-9-10-21-23(18)2/h9-10,17H,3-8,11-16H2,1-2H3/t17-/m0/s1. The molecule has 2 aliphatic heterocycles. The molecule has 0 N–H and O–H groups in total. The maximum Gasteiger partial charge on any atom is 0.222 e. The molecule has 0 aromatic carbocycles.